The van der Waals surface area contributed by atoms with Gasteiger partial charge in [-0.25, -0.2) is 0 Å². The Morgan fingerprint density at radius 1 is 1.18 bits per heavy atom. The van der Waals surface area contributed by atoms with Gasteiger partial charge >= 0.3 is 0 Å². The molecule has 3 rings (SSSR count). The number of hydrogen-bond acceptors (Lipinski definition) is 4. The van der Waals surface area contributed by atoms with Crippen LogP contribution in [0.2, 0.25) is 0 Å². The summed E-state index contributed by atoms with van der Waals surface area (Å²) in [6.45, 7) is 2.93. The lowest BCUT2D eigenvalue weighted by atomic mass is 10.3. The summed E-state index contributed by atoms with van der Waals surface area (Å²) in [5.41, 5.74) is 1.87. The molecule has 0 amide bonds. The van der Waals surface area contributed by atoms with Crippen LogP contribution < -0.4 is 0 Å². The molecular weight excluding hydrogens is 316 g/mol. The zero-order chi connectivity index (χ0) is 15.5. The van der Waals surface area contributed by atoms with Gasteiger partial charge in [0.15, 0.2) is 0 Å². The summed E-state index contributed by atoms with van der Waals surface area (Å²) in [5.74, 6) is 0. The van der Waals surface area contributed by atoms with E-state index in [0.29, 0.717) is 0 Å². The highest BCUT2D eigenvalue weighted by Gasteiger charge is 2.26. The lowest BCUT2D eigenvalue weighted by molar-refractivity contribution is -0.384. The first-order valence-corrected chi connectivity index (χ1v) is 8.94. The molecule has 4 nitrogen and oxygen atoms in total. The summed E-state index contributed by atoms with van der Waals surface area (Å²) in [4.78, 5) is 13.3. The molecule has 0 saturated carbocycles. The van der Waals surface area contributed by atoms with Crippen molar-refractivity contribution >= 4 is 28.4 Å². The summed E-state index contributed by atoms with van der Waals surface area (Å²) in [6, 6.07) is 9.61. The van der Waals surface area contributed by atoms with Crippen LogP contribution in [0.4, 0.5) is 5.69 Å². The van der Waals surface area contributed by atoms with Gasteiger partial charge < -0.3 is 4.57 Å². The summed E-state index contributed by atoms with van der Waals surface area (Å²) < 4.78 is 2.11. The van der Waals surface area contributed by atoms with Gasteiger partial charge in [0.1, 0.15) is 5.69 Å². The lowest BCUT2D eigenvalue weighted by Gasteiger charge is -2.10. The standard InChI is InChI=1S/C16H16N2O2S2/c1-2-3-8-17-12(14-6-4-9-21-14)11-13(18(19)20)16(17)15-7-5-10-22-15/h4-7,9-11H,2-3,8H2,1H3. The highest BCUT2D eigenvalue weighted by Crippen LogP contribution is 2.40. The average Bonchev–Trinajstić information content (AvgIpc) is 3.22. The number of unbranched alkanes of at least 4 members (excludes halogenated alkanes) is 1. The Labute approximate surface area is 136 Å². The van der Waals surface area contributed by atoms with Gasteiger partial charge in [0.05, 0.1) is 20.4 Å². The zero-order valence-electron chi connectivity index (χ0n) is 12.2. The van der Waals surface area contributed by atoms with Gasteiger partial charge in [-0.05, 0) is 29.3 Å². The van der Waals surface area contributed by atoms with E-state index in [0.717, 1.165) is 40.5 Å². The van der Waals surface area contributed by atoms with Gasteiger partial charge in [-0.15, -0.1) is 22.7 Å². The second-order valence-electron chi connectivity index (χ2n) is 4.98. The molecule has 0 aliphatic rings. The van der Waals surface area contributed by atoms with Crippen molar-refractivity contribution < 1.29 is 4.92 Å². The molecule has 0 aliphatic carbocycles. The Balaban J connectivity index is 2.22. The van der Waals surface area contributed by atoms with E-state index in [4.69, 9.17) is 0 Å². The highest BCUT2D eigenvalue weighted by molar-refractivity contribution is 7.14. The average molecular weight is 332 g/mol. The molecule has 3 aromatic rings. The van der Waals surface area contributed by atoms with Crippen LogP contribution in [0.1, 0.15) is 19.8 Å². The second-order valence-corrected chi connectivity index (χ2v) is 6.88. The monoisotopic (exact) mass is 332 g/mol. The molecular formula is C16H16N2O2S2. The van der Waals surface area contributed by atoms with Crippen LogP contribution in [0.5, 0.6) is 0 Å². The Bertz CT molecular complexity index is 759. The van der Waals surface area contributed by atoms with E-state index in [2.05, 4.69) is 11.5 Å². The van der Waals surface area contributed by atoms with Crippen LogP contribution in [0.25, 0.3) is 21.1 Å². The predicted octanol–water partition coefficient (Wildman–Crippen LogP) is 5.65. The van der Waals surface area contributed by atoms with Crippen LogP contribution in [0.15, 0.2) is 41.1 Å². The molecule has 0 aromatic carbocycles. The summed E-state index contributed by atoms with van der Waals surface area (Å²) in [7, 11) is 0. The third kappa shape index (κ3) is 2.71. The molecule has 0 saturated heterocycles. The molecule has 0 fully saturated rings. The molecule has 0 unspecified atom stereocenters. The Morgan fingerprint density at radius 3 is 2.41 bits per heavy atom. The fraction of sp³-hybridized carbons (Fsp3) is 0.250. The highest BCUT2D eigenvalue weighted by atomic mass is 32.1. The number of rotatable bonds is 6. The van der Waals surface area contributed by atoms with Crippen molar-refractivity contribution in [2.45, 2.75) is 26.3 Å². The van der Waals surface area contributed by atoms with E-state index in [1.54, 1.807) is 28.7 Å². The van der Waals surface area contributed by atoms with E-state index in [1.807, 2.05) is 35.0 Å². The van der Waals surface area contributed by atoms with Crippen LogP contribution in [-0.4, -0.2) is 9.49 Å². The largest absolute Gasteiger partial charge is 0.333 e. The zero-order valence-corrected chi connectivity index (χ0v) is 13.8. The van der Waals surface area contributed by atoms with Gasteiger partial charge in [0, 0.05) is 12.6 Å². The molecule has 0 atom stereocenters. The van der Waals surface area contributed by atoms with E-state index >= 15 is 0 Å². The molecule has 6 heteroatoms. The van der Waals surface area contributed by atoms with E-state index in [-0.39, 0.29) is 10.6 Å². The summed E-state index contributed by atoms with van der Waals surface area (Å²) >= 11 is 3.16. The van der Waals surface area contributed by atoms with Gasteiger partial charge in [-0.1, -0.05) is 25.5 Å². The van der Waals surface area contributed by atoms with Crippen molar-refractivity contribution in [1.82, 2.24) is 4.57 Å². The SMILES string of the molecule is CCCCn1c(-c2cccs2)cc([N+](=O)[O-])c1-c1cccs1. The molecule has 0 radical (unpaired) electrons. The Hall–Kier alpha value is -1.92. The van der Waals surface area contributed by atoms with Gasteiger partial charge in [0.2, 0.25) is 0 Å². The van der Waals surface area contributed by atoms with Crippen molar-refractivity contribution in [3.8, 4) is 21.1 Å². The number of nitrogens with zero attached hydrogens (tertiary/aromatic N) is 2. The second kappa shape index (κ2) is 6.46. The third-order valence-corrected chi connectivity index (χ3v) is 5.31. The molecule has 3 aromatic heterocycles. The van der Waals surface area contributed by atoms with Gasteiger partial charge in [-0.2, -0.15) is 0 Å². The first kappa shape index (κ1) is 15.0. The minimum absolute atomic E-state index is 0.196. The normalized spacial score (nSPS) is 11.0. The maximum atomic E-state index is 11.5. The topological polar surface area (TPSA) is 48.1 Å². The van der Waals surface area contributed by atoms with E-state index in [9.17, 15) is 10.1 Å². The van der Waals surface area contributed by atoms with E-state index in [1.165, 1.54) is 0 Å². The van der Waals surface area contributed by atoms with Crippen LogP contribution in [0.3, 0.4) is 0 Å². The molecule has 3 heterocycles. The summed E-state index contributed by atoms with van der Waals surface area (Å²) in [6.07, 6.45) is 2.06. The first-order valence-electron chi connectivity index (χ1n) is 7.18. The van der Waals surface area contributed by atoms with E-state index < -0.39 is 0 Å². The molecule has 0 bridgehead atoms. The van der Waals surface area contributed by atoms with Crippen LogP contribution in [-0.2, 0) is 6.54 Å². The fourth-order valence-corrected chi connectivity index (χ4v) is 4.06. The number of hydrogen-bond donors (Lipinski definition) is 0. The third-order valence-electron chi connectivity index (χ3n) is 3.54. The van der Waals surface area contributed by atoms with Gasteiger partial charge in [0.25, 0.3) is 5.69 Å². The van der Waals surface area contributed by atoms with Crippen molar-refractivity contribution in [2.24, 2.45) is 0 Å². The first-order chi connectivity index (χ1) is 10.7. The van der Waals surface area contributed by atoms with Crippen molar-refractivity contribution in [1.29, 1.82) is 0 Å². The van der Waals surface area contributed by atoms with Crippen molar-refractivity contribution in [3.05, 3.63) is 51.2 Å². The Kier molecular flexibility index (Phi) is 4.40. The van der Waals surface area contributed by atoms with Crippen LogP contribution >= 0.6 is 22.7 Å². The smallest absolute Gasteiger partial charge is 0.296 e. The summed E-state index contributed by atoms with van der Waals surface area (Å²) in [5, 5.41) is 15.5. The molecule has 0 spiro atoms. The number of thiophene rings is 2. The van der Waals surface area contributed by atoms with Gasteiger partial charge in [-0.3, -0.25) is 10.1 Å². The quantitative estimate of drug-likeness (QED) is 0.432. The number of aromatic nitrogens is 1. The number of nitro groups is 1. The molecule has 0 N–H and O–H groups in total. The van der Waals surface area contributed by atoms with Crippen molar-refractivity contribution in [3.63, 3.8) is 0 Å². The van der Waals surface area contributed by atoms with Crippen molar-refractivity contribution in [2.75, 3.05) is 0 Å². The molecule has 114 valence electrons. The fourth-order valence-electron chi connectivity index (χ4n) is 2.52. The van der Waals surface area contributed by atoms with Crippen LogP contribution in [0, 0.1) is 10.1 Å². The predicted molar refractivity (Wildman–Crippen MR) is 92.6 cm³/mol. The minimum atomic E-state index is -0.269. The molecule has 0 aliphatic heterocycles. The minimum Gasteiger partial charge on any atom is -0.333 e. The maximum Gasteiger partial charge on any atom is 0.296 e. The lowest BCUT2D eigenvalue weighted by Crippen LogP contribution is -2.02. The maximum absolute atomic E-state index is 11.5. The Morgan fingerprint density at radius 2 is 1.86 bits per heavy atom. The molecule has 22 heavy (non-hydrogen) atoms.